The van der Waals surface area contributed by atoms with Crippen molar-refractivity contribution in [3.05, 3.63) is 53.7 Å². The molecule has 1 aromatic heterocycles. The molecule has 0 aliphatic carbocycles. The van der Waals surface area contributed by atoms with E-state index < -0.39 is 0 Å². The lowest BCUT2D eigenvalue weighted by Crippen LogP contribution is -2.07. The fourth-order valence-corrected chi connectivity index (χ4v) is 1.83. The third-order valence-corrected chi connectivity index (χ3v) is 2.91. The van der Waals surface area contributed by atoms with Gasteiger partial charge in [-0.05, 0) is 31.0 Å². The Kier molecular flexibility index (Phi) is 4.78. The standard InChI is InChI=1S/C16H20N2O/c1-3-10-17-16-14(8-6-11-18-16)12-19-15-9-5-4-7-13(15)2/h4-9,11H,3,10,12H2,1-2H3,(H,17,18). The van der Waals surface area contributed by atoms with E-state index in [1.165, 1.54) is 0 Å². The van der Waals surface area contributed by atoms with Crippen molar-refractivity contribution < 1.29 is 4.74 Å². The lowest BCUT2D eigenvalue weighted by molar-refractivity contribution is 0.304. The van der Waals surface area contributed by atoms with Crippen molar-refractivity contribution in [3.8, 4) is 5.75 Å². The molecule has 0 saturated carbocycles. The van der Waals surface area contributed by atoms with Gasteiger partial charge in [-0.25, -0.2) is 4.98 Å². The molecule has 0 saturated heterocycles. The Morgan fingerprint density at radius 2 is 2.00 bits per heavy atom. The van der Waals surface area contributed by atoms with Gasteiger partial charge >= 0.3 is 0 Å². The molecule has 19 heavy (non-hydrogen) atoms. The van der Waals surface area contributed by atoms with Crippen LogP contribution in [0.2, 0.25) is 0 Å². The highest BCUT2D eigenvalue weighted by Gasteiger charge is 2.04. The van der Waals surface area contributed by atoms with E-state index in [1.54, 1.807) is 6.20 Å². The van der Waals surface area contributed by atoms with Gasteiger partial charge in [0.25, 0.3) is 0 Å². The summed E-state index contributed by atoms with van der Waals surface area (Å²) in [6.07, 6.45) is 2.88. The Labute approximate surface area is 114 Å². The first kappa shape index (κ1) is 13.4. The zero-order valence-corrected chi connectivity index (χ0v) is 11.5. The molecule has 3 nitrogen and oxygen atoms in total. The zero-order chi connectivity index (χ0) is 13.5. The SMILES string of the molecule is CCCNc1ncccc1COc1ccccc1C. The molecule has 0 aliphatic rings. The van der Waals surface area contributed by atoms with Crippen molar-refractivity contribution in [1.82, 2.24) is 4.98 Å². The van der Waals surface area contributed by atoms with Crippen molar-refractivity contribution in [2.24, 2.45) is 0 Å². The van der Waals surface area contributed by atoms with E-state index >= 15 is 0 Å². The summed E-state index contributed by atoms with van der Waals surface area (Å²) in [4.78, 5) is 4.36. The van der Waals surface area contributed by atoms with Gasteiger partial charge in [-0.2, -0.15) is 0 Å². The summed E-state index contributed by atoms with van der Waals surface area (Å²) in [5, 5.41) is 3.32. The fourth-order valence-electron chi connectivity index (χ4n) is 1.83. The molecule has 0 fully saturated rings. The summed E-state index contributed by atoms with van der Waals surface area (Å²) in [7, 11) is 0. The quantitative estimate of drug-likeness (QED) is 0.853. The summed E-state index contributed by atoms with van der Waals surface area (Å²) in [5.41, 5.74) is 2.23. The van der Waals surface area contributed by atoms with E-state index in [-0.39, 0.29) is 0 Å². The average molecular weight is 256 g/mol. The third-order valence-electron chi connectivity index (χ3n) is 2.91. The van der Waals surface area contributed by atoms with Crippen LogP contribution in [0.4, 0.5) is 5.82 Å². The molecule has 0 unspecified atom stereocenters. The van der Waals surface area contributed by atoms with Gasteiger partial charge in [0, 0.05) is 18.3 Å². The fraction of sp³-hybridized carbons (Fsp3) is 0.312. The number of hydrogen-bond acceptors (Lipinski definition) is 3. The number of ether oxygens (including phenoxy) is 1. The molecule has 0 amide bonds. The maximum absolute atomic E-state index is 5.86. The summed E-state index contributed by atoms with van der Waals surface area (Å²) in [5.74, 6) is 1.84. The first-order valence-corrected chi connectivity index (χ1v) is 6.67. The minimum Gasteiger partial charge on any atom is -0.488 e. The van der Waals surface area contributed by atoms with Crippen molar-refractivity contribution in [3.63, 3.8) is 0 Å². The number of rotatable bonds is 6. The number of para-hydroxylation sites is 1. The van der Waals surface area contributed by atoms with E-state index in [2.05, 4.69) is 30.2 Å². The van der Waals surface area contributed by atoms with Gasteiger partial charge in [-0.15, -0.1) is 0 Å². The van der Waals surface area contributed by atoms with E-state index in [9.17, 15) is 0 Å². The first-order chi connectivity index (χ1) is 9.31. The van der Waals surface area contributed by atoms with Gasteiger partial charge in [0.2, 0.25) is 0 Å². The average Bonchev–Trinajstić information content (AvgIpc) is 2.45. The minimum absolute atomic E-state index is 0.532. The Hall–Kier alpha value is -2.03. The highest BCUT2D eigenvalue weighted by atomic mass is 16.5. The predicted molar refractivity (Wildman–Crippen MR) is 78.5 cm³/mol. The number of nitrogens with zero attached hydrogens (tertiary/aromatic N) is 1. The van der Waals surface area contributed by atoms with Gasteiger partial charge < -0.3 is 10.1 Å². The van der Waals surface area contributed by atoms with Crippen LogP contribution in [-0.2, 0) is 6.61 Å². The molecule has 1 heterocycles. The van der Waals surface area contributed by atoms with Crippen LogP contribution >= 0.6 is 0 Å². The molecule has 1 N–H and O–H groups in total. The number of anilines is 1. The van der Waals surface area contributed by atoms with E-state index in [1.807, 2.05) is 30.3 Å². The van der Waals surface area contributed by atoms with Crippen LogP contribution in [0.15, 0.2) is 42.6 Å². The van der Waals surface area contributed by atoms with Gasteiger partial charge in [-0.3, -0.25) is 0 Å². The predicted octanol–water partition coefficient (Wildman–Crippen LogP) is 3.79. The summed E-state index contributed by atoms with van der Waals surface area (Å²) in [6.45, 7) is 5.65. The van der Waals surface area contributed by atoms with Crippen molar-refractivity contribution in [2.75, 3.05) is 11.9 Å². The van der Waals surface area contributed by atoms with Gasteiger partial charge in [0.1, 0.15) is 18.2 Å². The molecule has 0 bridgehead atoms. The van der Waals surface area contributed by atoms with Gasteiger partial charge in [-0.1, -0.05) is 31.2 Å². The number of benzene rings is 1. The molecule has 3 heteroatoms. The van der Waals surface area contributed by atoms with E-state index in [0.29, 0.717) is 6.61 Å². The highest BCUT2D eigenvalue weighted by molar-refractivity contribution is 5.43. The topological polar surface area (TPSA) is 34.2 Å². The molecule has 0 atom stereocenters. The molecule has 1 aromatic carbocycles. The first-order valence-electron chi connectivity index (χ1n) is 6.67. The van der Waals surface area contributed by atoms with Gasteiger partial charge in [0.05, 0.1) is 0 Å². The van der Waals surface area contributed by atoms with Crippen LogP contribution in [0.5, 0.6) is 5.75 Å². The van der Waals surface area contributed by atoms with E-state index in [0.717, 1.165) is 35.7 Å². The molecule has 0 aliphatic heterocycles. The molecule has 100 valence electrons. The zero-order valence-electron chi connectivity index (χ0n) is 11.5. The lowest BCUT2D eigenvalue weighted by atomic mass is 10.2. The molecule has 2 aromatic rings. The molecular weight excluding hydrogens is 236 g/mol. The van der Waals surface area contributed by atoms with Crippen molar-refractivity contribution in [1.29, 1.82) is 0 Å². The Balaban J connectivity index is 2.05. The maximum Gasteiger partial charge on any atom is 0.132 e. The Morgan fingerprint density at radius 3 is 2.79 bits per heavy atom. The third kappa shape index (κ3) is 3.71. The summed E-state index contributed by atoms with van der Waals surface area (Å²) >= 11 is 0. The van der Waals surface area contributed by atoms with Gasteiger partial charge in [0.15, 0.2) is 0 Å². The monoisotopic (exact) mass is 256 g/mol. The van der Waals surface area contributed by atoms with Crippen LogP contribution in [0.1, 0.15) is 24.5 Å². The summed E-state index contributed by atoms with van der Waals surface area (Å²) in [6, 6.07) is 12.0. The number of pyridine rings is 1. The molecular formula is C16H20N2O. The number of hydrogen-bond donors (Lipinski definition) is 1. The van der Waals surface area contributed by atoms with Crippen LogP contribution < -0.4 is 10.1 Å². The van der Waals surface area contributed by atoms with Crippen LogP contribution in [-0.4, -0.2) is 11.5 Å². The van der Waals surface area contributed by atoms with Crippen LogP contribution in [0.25, 0.3) is 0 Å². The number of aryl methyl sites for hydroxylation is 1. The number of aromatic nitrogens is 1. The molecule has 2 rings (SSSR count). The summed E-state index contributed by atoms with van der Waals surface area (Å²) < 4.78 is 5.86. The normalized spacial score (nSPS) is 10.2. The maximum atomic E-state index is 5.86. The van der Waals surface area contributed by atoms with Crippen LogP contribution in [0, 0.1) is 6.92 Å². The second-order valence-electron chi connectivity index (χ2n) is 4.49. The highest BCUT2D eigenvalue weighted by Crippen LogP contribution is 2.19. The number of nitrogens with one attached hydrogen (secondary N) is 1. The lowest BCUT2D eigenvalue weighted by Gasteiger charge is -2.12. The van der Waals surface area contributed by atoms with Crippen molar-refractivity contribution in [2.45, 2.75) is 26.9 Å². The Bertz CT molecular complexity index is 526. The van der Waals surface area contributed by atoms with Crippen molar-refractivity contribution >= 4 is 5.82 Å². The van der Waals surface area contributed by atoms with E-state index in [4.69, 9.17) is 4.74 Å². The second kappa shape index (κ2) is 6.78. The van der Waals surface area contributed by atoms with Crippen LogP contribution in [0.3, 0.4) is 0 Å². The Morgan fingerprint density at radius 1 is 1.16 bits per heavy atom. The second-order valence-corrected chi connectivity index (χ2v) is 4.49. The smallest absolute Gasteiger partial charge is 0.132 e. The molecule has 0 spiro atoms. The molecule has 0 radical (unpaired) electrons. The minimum atomic E-state index is 0.532. The largest absolute Gasteiger partial charge is 0.488 e.